The summed E-state index contributed by atoms with van der Waals surface area (Å²) in [5, 5.41) is 0.388. The van der Waals surface area contributed by atoms with Crippen LogP contribution in [-0.2, 0) is 11.3 Å². The van der Waals surface area contributed by atoms with E-state index < -0.39 is 0 Å². The number of furan rings is 1. The van der Waals surface area contributed by atoms with Crippen molar-refractivity contribution in [3.8, 4) is 11.5 Å². The van der Waals surface area contributed by atoms with Crippen molar-refractivity contribution in [2.45, 2.75) is 32.7 Å². The van der Waals surface area contributed by atoms with Gasteiger partial charge in [-0.05, 0) is 43.5 Å². The number of aromatic nitrogens is 2. The highest BCUT2D eigenvalue weighted by atomic mass is 16.5. The van der Waals surface area contributed by atoms with Gasteiger partial charge in [0.1, 0.15) is 17.3 Å². The Morgan fingerprint density at radius 3 is 2.66 bits per heavy atom. The van der Waals surface area contributed by atoms with Crippen LogP contribution >= 0.6 is 0 Å². The summed E-state index contributed by atoms with van der Waals surface area (Å²) in [6.45, 7) is 4.70. The molecule has 1 aliphatic carbocycles. The molecule has 2 atom stereocenters. The number of carbonyl (C=O) groups excluding carboxylic acids is 1. The number of fused-ring (bicyclic) bond motifs is 1. The number of rotatable bonds is 8. The van der Waals surface area contributed by atoms with Crippen LogP contribution in [0.25, 0.3) is 17.0 Å². The summed E-state index contributed by atoms with van der Waals surface area (Å²) < 4.78 is 16.4. The first-order chi connectivity index (χ1) is 15.4. The number of hydrogen-bond acceptors (Lipinski definition) is 6. The average Bonchev–Trinajstić information content (AvgIpc) is 3.33. The van der Waals surface area contributed by atoms with Crippen molar-refractivity contribution in [3.05, 3.63) is 58.0 Å². The van der Waals surface area contributed by atoms with Crippen LogP contribution in [0.3, 0.4) is 0 Å². The maximum absolute atomic E-state index is 12.7. The van der Waals surface area contributed by atoms with E-state index in [2.05, 4.69) is 16.9 Å². The maximum atomic E-state index is 12.7. The smallest absolute Gasteiger partial charge is 0.258 e. The Labute approximate surface area is 185 Å². The molecule has 8 nitrogen and oxygen atoms in total. The van der Waals surface area contributed by atoms with Crippen LogP contribution in [0.15, 0.2) is 39.6 Å². The van der Waals surface area contributed by atoms with Gasteiger partial charge in [-0.15, -0.1) is 0 Å². The first-order valence-corrected chi connectivity index (χ1v) is 10.6. The van der Waals surface area contributed by atoms with Crippen molar-refractivity contribution in [2.75, 3.05) is 20.8 Å². The first-order valence-electron chi connectivity index (χ1n) is 10.6. The molecule has 4 rings (SSSR count). The van der Waals surface area contributed by atoms with Gasteiger partial charge in [-0.3, -0.25) is 9.59 Å². The van der Waals surface area contributed by atoms with Gasteiger partial charge in [0.15, 0.2) is 11.5 Å². The number of H-pyrrole nitrogens is 1. The highest BCUT2D eigenvalue weighted by molar-refractivity contribution is 5.91. The number of methoxy groups -OCH3 is 2. The Bertz CT molecular complexity index is 1230. The van der Waals surface area contributed by atoms with E-state index in [0.29, 0.717) is 52.4 Å². The minimum absolute atomic E-state index is 0.169. The van der Waals surface area contributed by atoms with E-state index in [9.17, 15) is 9.59 Å². The average molecular weight is 437 g/mol. The number of nitrogens with zero attached hydrogens (tertiary/aromatic N) is 2. The number of nitrogens with one attached hydrogen (secondary N) is 1. The number of likely N-dealkylation sites (N-methyl/N-ethyl adjacent to an activating group) is 1. The molecule has 2 unspecified atom stereocenters. The molecule has 1 fully saturated rings. The Balaban J connectivity index is 1.51. The Morgan fingerprint density at radius 1 is 1.28 bits per heavy atom. The fourth-order valence-electron chi connectivity index (χ4n) is 3.75. The topological polar surface area (TPSA) is 97.7 Å². The van der Waals surface area contributed by atoms with Gasteiger partial charge in [-0.25, -0.2) is 4.98 Å². The van der Waals surface area contributed by atoms with Crippen molar-refractivity contribution >= 4 is 22.9 Å². The van der Waals surface area contributed by atoms with Gasteiger partial charge in [-0.1, -0.05) is 6.92 Å². The molecule has 2 aromatic heterocycles. The molecule has 8 heteroatoms. The second-order valence-electron chi connectivity index (χ2n) is 7.98. The van der Waals surface area contributed by atoms with Crippen LogP contribution < -0.4 is 15.0 Å². The number of carbonyl (C=O) groups is 1. The lowest BCUT2D eigenvalue weighted by atomic mass is 10.2. The SMILES string of the molecule is CCN(Cc1nc2cc(OC)c(OC)cc2c(=O)[nH]1)C(=O)/C=C/c1ccc(C2CC2C)o1. The quantitative estimate of drug-likeness (QED) is 0.540. The summed E-state index contributed by atoms with van der Waals surface area (Å²) in [4.78, 5) is 34.2. The summed E-state index contributed by atoms with van der Waals surface area (Å²) in [5.41, 5.74) is 0.167. The normalized spacial score (nSPS) is 17.6. The minimum atomic E-state index is -0.303. The van der Waals surface area contributed by atoms with Crippen molar-refractivity contribution in [1.29, 1.82) is 0 Å². The molecule has 0 aliphatic heterocycles. The summed E-state index contributed by atoms with van der Waals surface area (Å²) >= 11 is 0. The molecular weight excluding hydrogens is 410 g/mol. The van der Waals surface area contributed by atoms with Crippen LogP contribution in [0.1, 0.15) is 43.5 Å². The number of aromatic amines is 1. The van der Waals surface area contributed by atoms with Gasteiger partial charge in [-0.2, -0.15) is 0 Å². The largest absolute Gasteiger partial charge is 0.493 e. The molecule has 1 amide bonds. The number of ether oxygens (including phenoxy) is 2. The van der Waals surface area contributed by atoms with Crippen LogP contribution in [0.5, 0.6) is 11.5 Å². The molecule has 0 bridgehead atoms. The molecule has 1 N–H and O–H groups in total. The van der Waals surface area contributed by atoms with Gasteiger partial charge in [0, 0.05) is 24.6 Å². The second-order valence-corrected chi connectivity index (χ2v) is 7.98. The molecule has 32 heavy (non-hydrogen) atoms. The van der Waals surface area contributed by atoms with Crippen molar-refractivity contribution < 1.29 is 18.7 Å². The number of benzene rings is 1. The Hall–Kier alpha value is -3.55. The monoisotopic (exact) mass is 437 g/mol. The van der Waals surface area contributed by atoms with E-state index in [-0.39, 0.29) is 18.0 Å². The second kappa shape index (κ2) is 8.90. The van der Waals surface area contributed by atoms with E-state index in [4.69, 9.17) is 13.9 Å². The van der Waals surface area contributed by atoms with Crippen molar-refractivity contribution in [2.24, 2.45) is 5.92 Å². The molecule has 1 saturated carbocycles. The summed E-state index contributed by atoms with van der Waals surface area (Å²) in [5.74, 6) is 3.91. The van der Waals surface area contributed by atoms with E-state index in [1.54, 1.807) is 23.1 Å². The van der Waals surface area contributed by atoms with Gasteiger partial charge >= 0.3 is 0 Å². The molecule has 0 spiro atoms. The third-order valence-electron chi connectivity index (χ3n) is 5.81. The van der Waals surface area contributed by atoms with Crippen molar-refractivity contribution in [3.63, 3.8) is 0 Å². The lowest BCUT2D eigenvalue weighted by Crippen LogP contribution is -2.30. The first kappa shape index (κ1) is 21.7. The molecular formula is C24H27N3O5. The highest BCUT2D eigenvalue weighted by Gasteiger charge is 2.36. The zero-order valence-corrected chi connectivity index (χ0v) is 18.7. The standard InChI is InChI=1S/C24H27N3O5/c1-5-27(23(28)9-7-15-6-8-19(32-15)16-10-14(16)2)13-22-25-18-12-21(31-4)20(30-3)11-17(18)24(29)26-22/h6-9,11-12,14,16H,5,10,13H2,1-4H3,(H,25,26,29)/b9-7+. The highest BCUT2D eigenvalue weighted by Crippen LogP contribution is 2.47. The van der Waals surface area contributed by atoms with Crippen molar-refractivity contribution in [1.82, 2.24) is 14.9 Å². The zero-order chi connectivity index (χ0) is 22.8. The third kappa shape index (κ3) is 4.39. The predicted octanol–water partition coefficient (Wildman–Crippen LogP) is 3.72. The van der Waals surface area contributed by atoms with Gasteiger partial charge in [0.05, 0.1) is 31.7 Å². The molecule has 0 saturated heterocycles. The molecule has 1 aliphatic rings. The van der Waals surface area contributed by atoms with Gasteiger partial charge in [0.2, 0.25) is 5.91 Å². The summed E-state index contributed by atoms with van der Waals surface area (Å²) in [7, 11) is 3.03. The summed E-state index contributed by atoms with van der Waals surface area (Å²) in [6, 6.07) is 7.10. The fourth-order valence-corrected chi connectivity index (χ4v) is 3.75. The molecule has 168 valence electrons. The van der Waals surface area contributed by atoms with Crippen LogP contribution in [0, 0.1) is 5.92 Å². The zero-order valence-electron chi connectivity index (χ0n) is 18.7. The Kier molecular flexibility index (Phi) is 6.03. The lowest BCUT2D eigenvalue weighted by Gasteiger charge is -2.18. The van der Waals surface area contributed by atoms with Gasteiger partial charge in [0.25, 0.3) is 5.56 Å². The van der Waals surface area contributed by atoms with E-state index in [0.717, 1.165) is 12.2 Å². The Morgan fingerprint density at radius 2 is 2.00 bits per heavy atom. The minimum Gasteiger partial charge on any atom is -0.493 e. The fraction of sp³-hybridized carbons (Fsp3) is 0.375. The summed E-state index contributed by atoms with van der Waals surface area (Å²) in [6.07, 6.45) is 4.31. The van der Waals surface area contributed by atoms with Crippen LogP contribution in [0.4, 0.5) is 0 Å². The molecule has 0 radical (unpaired) electrons. The predicted molar refractivity (Wildman–Crippen MR) is 121 cm³/mol. The van der Waals surface area contributed by atoms with Crippen LogP contribution in [-0.4, -0.2) is 41.5 Å². The van der Waals surface area contributed by atoms with Gasteiger partial charge < -0.3 is 23.8 Å². The molecule has 3 aromatic rings. The molecule has 2 heterocycles. The number of hydrogen-bond donors (Lipinski definition) is 1. The van der Waals surface area contributed by atoms with Crippen LogP contribution in [0.2, 0.25) is 0 Å². The van der Waals surface area contributed by atoms with E-state index in [1.807, 2.05) is 19.1 Å². The third-order valence-corrected chi connectivity index (χ3v) is 5.81. The lowest BCUT2D eigenvalue weighted by molar-refractivity contribution is -0.126. The van der Waals surface area contributed by atoms with E-state index in [1.165, 1.54) is 20.3 Å². The van der Waals surface area contributed by atoms with E-state index >= 15 is 0 Å². The number of amides is 1. The maximum Gasteiger partial charge on any atom is 0.258 e. The molecule has 1 aromatic carbocycles.